The molecule has 0 aromatic carbocycles. The van der Waals surface area contributed by atoms with Gasteiger partial charge in [-0.05, 0) is 30.6 Å². The molecule has 1 atom stereocenters. The molecular formula is C11H24BrN. The maximum Gasteiger partial charge on any atom is 0.0182 e. The molecule has 2 N–H and O–H groups in total. The van der Waals surface area contributed by atoms with E-state index in [1.54, 1.807) is 0 Å². The van der Waals surface area contributed by atoms with Crippen LogP contribution < -0.4 is 5.73 Å². The van der Waals surface area contributed by atoms with Gasteiger partial charge in [0.05, 0.1) is 0 Å². The van der Waals surface area contributed by atoms with Gasteiger partial charge in [0, 0.05) is 5.54 Å². The van der Waals surface area contributed by atoms with Gasteiger partial charge in [-0.3, -0.25) is 0 Å². The second-order valence-electron chi connectivity index (χ2n) is 5.78. The van der Waals surface area contributed by atoms with Gasteiger partial charge in [-0.25, -0.2) is 0 Å². The van der Waals surface area contributed by atoms with Crippen molar-refractivity contribution in [1.29, 1.82) is 0 Å². The molecule has 0 amide bonds. The first-order valence-corrected chi connectivity index (χ1v) is 5.00. The maximum absolute atomic E-state index is 6.33. The Balaban J connectivity index is 0.00000144. The Morgan fingerprint density at radius 1 is 0.923 bits per heavy atom. The molecule has 0 aliphatic heterocycles. The number of nitrogens with two attached hydrogens (primary N) is 1. The van der Waals surface area contributed by atoms with E-state index < -0.39 is 0 Å². The summed E-state index contributed by atoms with van der Waals surface area (Å²) >= 11 is 0. The first-order chi connectivity index (χ1) is 5.21. The van der Waals surface area contributed by atoms with Crippen molar-refractivity contribution < 1.29 is 0 Å². The quantitative estimate of drug-likeness (QED) is 0.699. The van der Waals surface area contributed by atoms with E-state index in [0.717, 1.165) is 0 Å². The van der Waals surface area contributed by atoms with Crippen LogP contribution >= 0.6 is 17.0 Å². The van der Waals surface area contributed by atoms with Crippen LogP contribution in [-0.2, 0) is 0 Å². The molecule has 0 aromatic heterocycles. The molecule has 1 rings (SSSR count). The van der Waals surface area contributed by atoms with Crippen molar-refractivity contribution in [2.45, 2.75) is 59.4 Å². The molecule has 0 aromatic rings. The van der Waals surface area contributed by atoms with Crippen molar-refractivity contribution in [2.24, 2.45) is 16.6 Å². The Morgan fingerprint density at radius 3 is 1.69 bits per heavy atom. The molecular weight excluding hydrogens is 226 g/mol. The largest absolute Gasteiger partial charge is 0.325 e. The number of hydrogen-bond acceptors (Lipinski definition) is 1. The zero-order valence-corrected chi connectivity index (χ0v) is 11.3. The van der Waals surface area contributed by atoms with E-state index in [0.29, 0.717) is 5.41 Å². The molecule has 0 saturated heterocycles. The predicted octanol–water partition coefficient (Wildman–Crippen LogP) is 3.52. The summed E-state index contributed by atoms with van der Waals surface area (Å²) in [6.07, 6.45) is 3.76. The van der Waals surface area contributed by atoms with Gasteiger partial charge in [-0.2, -0.15) is 0 Å². The molecule has 0 heterocycles. The van der Waals surface area contributed by atoms with E-state index in [2.05, 4.69) is 34.6 Å². The second kappa shape index (κ2) is 3.54. The minimum absolute atomic E-state index is 0. The number of halogens is 1. The summed E-state index contributed by atoms with van der Waals surface area (Å²) in [5.74, 6) is 0. The van der Waals surface area contributed by atoms with Crippen LogP contribution in [0.1, 0.15) is 53.9 Å². The van der Waals surface area contributed by atoms with Gasteiger partial charge in [-0.15, -0.1) is 17.0 Å². The predicted molar refractivity (Wildman–Crippen MR) is 64.3 cm³/mol. The van der Waals surface area contributed by atoms with E-state index in [9.17, 15) is 0 Å². The molecule has 0 spiro atoms. The van der Waals surface area contributed by atoms with E-state index in [-0.39, 0.29) is 27.9 Å². The van der Waals surface area contributed by atoms with Crippen LogP contribution in [0.4, 0.5) is 0 Å². The maximum atomic E-state index is 6.33. The lowest BCUT2D eigenvalue weighted by Gasteiger charge is -2.56. The van der Waals surface area contributed by atoms with Crippen LogP contribution in [0.5, 0.6) is 0 Å². The standard InChI is InChI=1S/C11H23N.BrH/c1-9(2)7-6-8-11(5,12)10(9,3)4;/h6-8,12H2,1-5H3;1H. The third kappa shape index (κ3) is 1.94. The van der Waals surface area contributed by atoms with Crippen molar-refractivity contribution in [1.82, 2.24) is 0 Å². The molecule has 1 unspecified atom stereocenters. The first kappa shape index (κ1) is 13.4. The van der Waals surface area contributed by atoms with Gasteiger partial charge in [-0.1, -0.05) is 34.1 Å². The highest BCUT2D eigenvalue weighted by Crippen LogP contribution is 2.53. The van der Waals surface area contributed by atoms with Crippen LogP contribution in [-0.4, -0.2) is 5.54 Å². The Bertz CT molecular complexity index is 165. The second-order valence-corrected chi connectivity index (χ2v) is 5.78. The molecule has 2 heteroatoms. The summed E-state index contributed by atoms with van der Waals surface area (Å²) in [6, 6.07) is 0. The number of rotatable bonds is 0. The van der Waals surface area contributed by atoms with Crippen LogP contribution in [0.2, 0.25) is 0 Å². The zero-order valence-electron chi connectivity index (χ0n) is 9.61. The minimum Gasteiger partial charge on any atom is -0.325 e. The van der Waals surface area contributed by atoms with Gasteiger partial charge >= 0.3 is 0 Å². The molecule has 1 aliphatic rings. The average molecular weight is 250 g/mol. The highest BCUT2D eigenvalue weighted by atomic mass is 79.9. The SMILES string of the molecule is Br.CC1(C)CCCC(C)(N)C1(C)C. The summed E-state index contributed by atoms with van der Waals surface area (Å²) in [5.41, 5.74) is 6.97. The molecule has 13 heavy (non-hydrogen) atoms. The van der Waals surface area contributed by atoms with Crippen molar-refractivity contribution >= 4 is 17.0 Å². The molecule has 1 fully saturated rings. The van der Waals surface area contributed by atoms with Gasteiger partial charge in [0.1, 0.15) is 0 Å². The Labute approximate surface area is 93.2 Å². The van der Waals surface area contributed by atoms with E-state index in [1.807, 2.05) is 0 Å². The normalized spacial score (nSPS) is 36.5. The summed E-state index contributed by atoms with van der Waals surface area (Å²) in [7, 11) is 0. The molecule has 1 aliphatic carbocycles. The lowest BCUT2D eigenvalue weighted by Crippen LogP contribution is -2.59. The molecule has 1 saturated carbocycles. The smallest absolute Gasteiger partial charge is 0.0182 e. The van der Waals surface area contributed by atoms with Gasteiger partial charge in [0.15, 0.2) is 0 Å². The third-order valence-electron chi connectivity index (χ3n) is 4.62. The van der Waals surface area contributed by atoms with Crippen molar-refractivity contribution in [2.75, 3.05) is 0 Å². The lowest BCUT2D eigenvalue weighted by atomic mass is 9.52. The summed E-state index contributed by atoms with van der Waals surface area (Å²) in [5, 5.41) is 0. The summed E-state index contributed by atoms with van der Waals surface area (Å²) in [6.45, 7) is 11.5. The van der Waals surface area contributed by atoms with Crippen LogP contribution in [0, 0.1) is 10.8 Å². The summed E-state index contributed by atoms with van der Waals surface area (Å²) in [4.78, 5) is 0. The Kier molecular flexibility index (Phi) is 3.66. The van der Waals surface area contributed by atoms with E-state index >= 15 is 0 Å². The molecule has 0 radical (unpaired) electrons. The topological polar surface area (TPSA) is 26.0 Å². The fourth-order valence-corrected chi connectivity index (χ4v) is 2.30. The van der Waals surface area contributed by atoms with Gasteiger partial charge < -0.3 is 5.73 Å². The van der Waals surface area contributed by atoms with Gasteiger partial charge in [0.2, 0.25) is 0 Å². The van der Waals surface area contributed by atoms with E-state index in [4.69, 9.17) is 5.73 Å². The number of hydrogen-bond donors (Lipinski definition) is 1. The monoisotopic (exact) mass is 249 g/mol. The van der Waals surface area contributed by atoms with Crippen LogP contribution in [0.15, 0.2) is 0 Å². The van der Waals surface area contributed by atoms with Crippen molar-refractivity contribution in [3.63, 3.8) is 0 Å². The van der Waals surface area contributed by atoms with E-state index in [1.165, 1.54) is 19.3 Å². The third-order valence-corrected chi connectivity index (χ3v) is 4.62. The van der Waals surface area contributed by atoms with Crippen LogP contribution in [0.25, 0.3) is 0 Å². The molecule has 1 nitrogen and oxygen atoms in total. The molecule has 0 bridgehead atoms. The zero-order chi connectivity index (χ0) is 9.62. The summed E-state index contributed by atoms with van der Waals surface area (Å²) < 4.78 is 0. The highest BCUT2D eigenvalue weighted by Gasteiger charge is 2.50. The first-order valence-electron chi connectivity index (χ1n) is 5.00. The average Bonchev–Trinajstić information content (AvgIpc) is 1.83. The molecule has 80 valence electrons. The highest BCUT2D eigenvalue weighted by molar-refractivity contribution is 8.93. The van der Waals surface area contributed by atoms with Crippen LogP contribution in [0.3, 0.4) is 0 Å². The Hall–Kier alpha value is 0.440. The fraction of sp³-hybridized carbons (Fsp3) is 1.00. The fourth-order valence-electron chi connectivity index (χ4n) is 2.30. The van der Waals surface area contributed by atoms with Crippen molar-refractivity contribution in [3.8, 4) is 0 Å². The van der Waals surface area contributed by atoms with Crippen molar-refractivity contribution in [3.05, 3.63) is 0 Å². The van der Waals surface area contributed by atoms with Gasteiger partial charge in [0.25, 0.3) is 0 Å². The lowest BCUT2D eigenvalue weighted by molar-refractivity contribution is -0.0206. The minimum atomic E-state index is 0. The Morgan fingerprint density at radius 2 is 1.38 bits per heavy atom.